The third-order valence-corrected chi connectivity index (χ3v) is 6.29. The molecule has 7 nitrogen and oxygen atoms in total. The van der Waals surface area contributed by atoms with Crippen LogP contribution in [0.4, 0.5) is 5.69 Å². The smallest absolute Gasteiger partial charge is 0.228 e. The summed E-state index contributed by atoms with van der Waals surface area (Å²) in [6.45, 7) is 3.09. The lowest BCUT2D eigenvalue weighted by Crippen LogP contribution is -2.43. The van der Waals surface area contributed by atoms with Gasteiger partial charge in [-0.15, -0.1) is 0 Å². The highest BCUT2D eigenvalue weighted by molar-refractivity contribution is 7.88. The second kappa shape index (κ2) is 9.68. The highest BCUT2D eigenvalue weighted by Crippen LogP contribution is 2.33. The minimum absolute atomic E-state index is 0.167. The van der Waals surface area contributed by atoms with Gasteiger partial charge in [0.2, 0.25) is 15.9 Å². The molecule has 0 bridgehead atoms. The third kappa shape index (κ3) is 5.87. The van der Waals surface area contributed by atoms with E-state index in [4.69, 9.17) is 21.1 Å². The highest BCUT2D eigenvalue weighted by atomic mass is 35.5. The number of hydrogen-bond acceptors (Lipinski definition) is 5. The van der Waals surface area contributed by atoms with Crippen LogP contribution in [0.5, 0.6) is 17.2 Å². The number of nitrogens with zero attached hydrogens (tertiary/aromatic N) is 1. The van der Waals surface area contributed by atoms with Crippen LogP contribution in [0.25, 0.3) is 0 Å². The maximum atomic E-state index is 12.8. The van der Waals surface area contributed by atoms with Gasteiger partial charge < -0.3 is 14.8 Å². The van der Waals surface area contributed by atoms with Crippen LogP contribution in [0.3, 0.4) is 0 Å². The van der Waals surface area contributed by atoms with Gasteiger partial charge in [-0.2, -0.15) is 0 Å². The quantitative estimate of drug-likeness (QED) is 0.682. The molecule has 1 fully saturated rings. The van der Waals surface area contributed by atoms with Gasteiger partial charge in [0, 0.05) is 18.1 Å². The molecule has 1 heterocycles. The summed E-state index contributed by atoms with van der Waals surface area (Å²) >= 11 is 6.12. The van der Waals surface area contributed by atoms with Crippen molar-refractivity contribution >= 4 is 33.2 Å². The monoisotopic (exact) mass is 452 g/mol. The van der Waals surface area contributed by atoms with Crippen molar-refractivity contribution in [1.82, 2.24) is 4.31 Å². The minimum atomic E-state index is -3.33. The van der Waals surface area contributed by atoms with Crippen LogP contribution < -0.4 is 14.8 Å². The Hall–Kier alpha value is -2.29. The summed E-state index contributed by atoms with van der Waals surface area (Å²) in [5.41, 5.74) is 0.429. The molecule has 30 heavy (non-hydrogen) atoms. The second-order valence-electron chi connectivity index (χ2n) is 7.10. The summed E-state index contributed by atoms with van der Waals surface area (Å²) in [6, 6.07) is 12.1. The van der Waals surface area contributed by atoms with E-state index in [-0.39, 0.29) is 12.5 Å². The van der Waals surface area contributed by atoms with E-state index < -0.39 is 15.9 Å². The van der Waals surface area contributed by atoms with Gasteiger partial charge in [0.25, 0.3) is 0 Å². The number of halogens is 1. The Morgan fingerprint density at radius 3 is 2.57 bits per heavy atom. The summed E-state index contributed by atoms with van der Waals surface area (Å²) in [5.74, 6) is 1.06. The molecule has 1 atom stereocenters. The van der Waals surface area contributed by atoms with Gasteiger partial charge in [-0.3, -0.25) is 4.79 Å². The predicted molar refractivity (Wildman–Crippen MR) is 117 cm³/mol. The van der Waals surface area contributed by atoms with E-state index in [1.807, 2.05) is 6.92 Å². The van der Waals surface area contributed by atoms with Crippen molar-refractivity contribution in [1.29, 1.82) is 0 Å². The highest BCUT2D eigenvalue weighted by Gasteiger charge is 2.30. The van der Waals surface area contributed by atoms with Crippen LogP contribution in [0.15, 0.2) is 42.5 Å². The maximum Gasteiger partial charge on any atom is 0.228 e. The molecular weight excluding hydrogens is 428 g/mol. The first-order valence-electron chi connectivity index (χ1n) is 9.72. The Bertz CT molecular complexity index is 995. The number of hydrogen-bond donors (Lipinski definition) is 1. The first kappa shape index (κ1) is 22.4. The number of carbonyl (C=O) groups is 1. The number of carbonyl (C=O) groups excluding carboxylic acids is 1. The van der Waals surface area contributed by atoms with E-state index in [9.17, 15) is 13.2 Å². The molecule has 0 radical (unpaired) electrons. The summed E-state index contributed by atoms with van der Waals surface area (Å²) in [5, 5.41) is 3.30. The van der Waals surface area contributed by atoms with E-state index in [1.54, 1.807) is 42.5 Å². The molecular formula is C21H25ClN2O5S. The largest absolute Gasteiger partial charge is 0.494 e. The number of nitrogens with one attached hydrogen (secondary N) is 1. The van der Waals surface area contributed by atoms with E-state index in [0.717, 1.165) is 12.0 Å². The average Bonchev–Trinajstić information content (AvgIpc) is 2.71. The second-order valence-corrected chi connectivity index (χ2v) is 9.52. The lowest BCUT2D eigenvalue weighted by atomic mass is 9.98. The van der Waals surface area contributed by atoms with Crippen molar-refractivity contribution in [3.8, 4) is 17.2 Å². The summed E-state index contributed by atoms with van der Waals surface area (Å²) in [6.07, 6.45) is 2.41. The SMILES string of the molecule is CCOc1ccc(Oc2ccc(Cl)cc2NC(=O)C2CCCN(S(C)(=O)=O)C2)cc1. The van der Waals surface area contributed by atoms with Gasteiger partial charge in [-0.25, -0.2) is 12.7 Å². The number of benzene rings is 2. The Morgan fingerprint density at radius 2 is 1.90 bits per heavy atom. The maximum absolute atomic E-state index is 12.8. The van der Waals surface area contributed by atoms with Crippen LogP contribution in [0.1, 0.15) is 19.8 Å². The van der Waals surface area contributed by atoms with Gasteiger partial charge in [0.1, 0.15) is 11.5 Å². The van der Waals surface area contributed by atoms with E-state index in [0.29, 0.717) is 48.2 Å². The summed E-state index contributed by atoms with van der Waals surface area (Å²) in [4.78, 5) is 12.8. The number of sulfonamides is 1. The molecule has 3 rings (SSSR count). The van der Waals surface area contributed by atoms with Gasteiger partial charge in [-0.1, -0.05) is 11.6 Å². The van der Waals surface area contributed by atoms with Crippen LogP contribution in [0, 0.1) is 5.92 Å². The zero-order chi connectivity index (χ0) is 21.7. The van der Waals surface area contributed by atoms with Gasteiger partial charge in [0.05, 0.1) is 24.5 Å². The fraction of sp³-hybridized carbons (Fsp3) is 0.381. The number of amides is 1. The molecule has 2 aromatic carbocycles. The molecule has 0 aromatic heterocycles. The van der Waals surface area contributed by atoms with Crippen molar-refractivity contribution in [2.75, 3.05) is 31.3 Å². The van der Waals surface area contributed by atoms with Crippen molar-refractivity contribution in [3.63, 3.8) is 0 Å². The average molecular weight is 453 g/mol. The summed E-state index contributed by atoms with van der Waals surface area (Å²) < 4.78 is 36.4. The van der Waals surface area contributed by atoms with Crippen molar-refractivity contribution in [3.05, 3.63) is 47.5 Å². The van der Waals surface area contributed by atoms with Gasteiger partial charge in [0.15, 0.2) is 5.75 Å². The van der Waals surface area contributed by atoms with E-state index >= 15 is 0 Å². The van der Waals surface area contributed by atoms with Crippen LogP contribution in [-0.2, 0) is 14.8 Å². The van der Waals surface area contributed by atoms with E-state index in [2.05, 4.69) is 5.32 Å². The Kier molecular flexibility index (Phi) is 7.23. The number of ether oxygens (including phenoxy) is 2. The molecule has 162 valence electrons. The molecule has 9 heteroatoms. The standard InChI is InChI=1S/C21H25ClN2O5S/c1-3-28-17-7-9-18(10-8-17)29-20-11-6-16(22)13-19(20)23-21(25)15-5-4-12-24(14-15)30(2,26)27/h6-11,13,15H,3-5,12,14H2,1-2H3,(H,23,25). The molecule has 0 aliphatic carbocycles. The molecule has 2 aromatic rings. The molecule has 1 aliphatic rings. The normalized spacial score (nSPS) is 17.4. The fourth-order valence-corrected chi connectivity index (χ4v) is 4.36. The number of anilines is 1. The predicted octanol–water partition coefficient (Wildman–Crippen LogP) is 4.14. The Balaban J connectivity index is 1.74. The summed E-state index contributed by atoms with van der Waals surface area (Å²) in [7, 11) is -3.33. The van der Waals surface area contributed by atoms with Crippen molar-refractivity contribution in [2.45, 2.75) is 19.8 Å². The lowest BCUT2D eigenvalue weighted by molar-refractivity contribution is -0.120. The Labute approximate surface area is 182 Å². The molecule has 1 amide bonds. The molecule has 0 spiro atoms. The first-order valence-corrected chi connectivity index (χ1v) is 11.9. The zero-order valence-electron chi connectivity index (χ0n) is 16.9. The van der Waals surface area contributed by atoms with Crippen molar-refractivity contribution < 1.29 is 22.7 Å². The Morgan fingerprint density at radius 1 is 1.20 bits per heavy atom. The van der Waals surface area contributed by atoms with Crippen LogP contribution in [0.2, 0.25) is 5.02 Å². The first-order chi connectivity index (χ1) is 14.3. The molecule has 1 saturated heterocycles. The molecule has 1 N–H and O–H groups in total. The molecule has 0 saturated carbocycles. The van der Waals surface area contributed by atoms with Gasteiger partial charge in [-0.05, 0) is 62.2 Å². The third-order valence-electron chi connectivity index (χ3n) is 4.79. The minimum Gasteiger partial charge on any atom is -0.494 e. The van der Waals surface area contributed by atoms with Crippen molar-refractivity contribution in [2.24, 2.45) is 5.92 Å². The number of rotatable bonds is 7. The fourth-order valence-electron chi connectivity index (χ4n) is 3.28. The van der Waals surface area contributed by atoms with E-state index in [1.165, 1.54) is 4.31 Å². The lowest BCUT2D eigenvalue weighted by Gasteiger charge is -2.30. The van der Waals surface area contributed by atoms with Crippen LogP contribution in [-0.4, -0.2) is 44.6 Å². The molecule has 1 unspecified atom stereocenters. The number of piperidine rings is 1. The zero-order valence-corrected chi connectivity index (χ0v) is 18.5. The van der Waals surface area contributed by atoms with Gasteiger partial charge >= 0.3 is 0 Å². The van der Waals surface area contributed by atoms with Crippen LogP contribution >= 0.6 is 11.6 Å². The topological polar surface area (TPSA) is 84.9 Å². The molecule has 1 aliphatic heterocycles.